The Morgan fingerprint density at radius 2 is 1.83 bits per heavy atom. The molecule has 0 spiro atoms. The Balaban J connectivity index is 1.34. The molecule has 4 heterocycles. The van der Waals surface area contributed by atoms with Crippen molar-refractivity contribution in [1.29, 1.82) is 0 Å². The number of hydrogen-bond acceptors (Lipinski definition) is 6. The standard InChI is InChI=1S/C21H31N5O3/c22-19(27)18-4-1-7-23-20(18)24-9-5-17(6-10-24)26-8-2-3-16(15-26)21(28)25-11-13-29-14-12-25/h1,4,7,16-17H,2-3,5-6,8-15H2,(H2,22,27)/t16-/m1/s1. The lowest BCUT2D eigenvalue weighted by molar-refractivity contribution is -0.141. The molecule has 0 aromatic carbocycles. The second kappa shape index (κ2) is 9.09. The minimum atomic E-state index is -0.435. The van der Waals surface area contributed by atoms with Crippen LogP contribution in [0, 0.1) is 5.92 Å². The number of pyridine rings is 1. The summed E-state index contributed by atoms with van der Waals surface area (Å²) in [5.74, 6) is 0.667. The highest BCUT2D eigenvalue weighted by Gasteiger charge is 2.34. The van der Waals surface area contributed by atoms with Crippen molar-refractivity contribution in [3.05, 3.63) is 23.9 Å². The third-order valence-electron chi connectivity index (χ3n) is 6.46. The van der Waals surface area contributed by atoms with Gasteiger partial charge in [-0.2, -0.15) is 0 Å². The second-order valence-electron chi connectivity index (χ2n) is 8.23. The molecule has 3 aliphatic rings. The molecule has 2 N–H and O–H groups in total. The van der Waals surface area contributed by atoms with Crippen LogP contribution in [0.1, 0.15) is 36.0 Å². The van der Waals surface area contributed by atoms with Gasteiger partial charge in [0.05, 0.1) is 24.7 Å². The maximum absolute atomic E-state index is 12.9. The van der Waals surface area contributed by atoms with Gasteiger partial charge in [0, 0.05) is 45.0 Å². The molecular weight excluding hydrogens is 370 g/mol. The van der Waals surface area contributed by atoms with Crippen LogP contribution in [0.4, 0.5) is 5.82 Å². The molecule has 8 heteroatoms. The number of nitrogens with zero attached hydrogens (tertiary/aromatic N) is 4. The zero-order valence-electron chi connectivity index (χ0n) is 17.0. The SMILES string of the molecule is NC(=O)c1cccnc1N1CCC(N2CCC[C@@H](C(=O)N3CCOCC3)C2)CC1. The molecule has 1 aromatic rings. The lowest BCUT2D eigenvalue weighted by Gasteiger charge is -2.43. The molecule has 0 radical (unpaired) electrons. The maximum Gasteiger partial charge on any atom is 0.252 e. The average molecular weight is 402 g/mol. The summed E-state index contributed by atoms with van der Waals surface area (Å²) in [4.78, 5) is 35.7. The topological polar surface area (TPSA) is 92.0 Å². The largest absolute Gasteiger partial charge is 0.378 e. The van der Waals surface area contributed by atoms with Crippen molar-refractivity contribution in [2.45, 2.75) is 31.7 Å². The van der Waals surface area contributed by atoms with Crippen molar-refractivity contribution < 1.29 is 14.3 Å². The van der Waals surface area contributed by atoms with Gasteiger partial charge in [-0.3, -0.25) is 14.5 Å². The Kier molecular flexibility index (Phi) is 6.30. The highest BCUT2D eigenvalue weighted by atomic mass is 16.5. The van der Waals surface area contributed by atoms with E-state index in [0.29, 0.717) is 36.5 Å². The summed E-state index contributed by atoms with van der Waals surface area (Å²) in [5, 5.41) is 0. The van der Waals surface area contributed by atoms with Gasteiger partial charge in [0.25, 0.3) is 5.91 Å². The fourth-order valence-electron chi connectivity index (χ4n) is 4.87. The zero-order valence-corrected chi connectivity index (χ0v) is 17.0. The van der Waals surface area contributed by atoms with Crippen molar-refractivity contribution in [1.82, 2.24) is 14.8 Å². The van der Waals surface area contributed by atoms with Gasteiger partial charge in [0.1, 0.15) is 5.82 Å². The summed E-state index contributed by atoms with van der Waals surface area (Å²) in [6.07, 6.45) is 5.79. The normalized spacial score (nSPS) is 24.5. The number of carbonyl (C=O) groups is 2. The highest BCUT2D eigenvalue weighted by Crippen LogP contribution is 2.28. The summed E-state index contributed by atoms with van der Waals surface area (Å²) in [6.45, 7) is 6.37. The number of hydrogen-bond donors (Lipinski definition) is 1. The molecule has 158 valence electrons. The first-order valence-electron chi connectivity index (χ1n) is 10.7. The monoisotopic (exact) mass is 401 g/mol. The minimum absolute atomic E-state index is 0.108. The van der Waals surface area contributed by atoms with Gasteiger partial charge in [-0.05, 0) is 44.4 Å². The number of likely N-dealkylation sites (tertiary alicyclic amines) is 1. The number of piperidine rings is 2. The maximum atomic E-state index is 12.9. The molecule has 8 nitrogen and oxygen atoms in total. The van der Waals surface area contributed by atoms with Crippen LogP contribution in [0.5, 0.6) is 0 Å². The molecule has 1 aromatic heterocycles. The first kappa shape index (κ1) is 20.1. The quantitative estimate of drug-likeness (QED) is 0.799. The number of primary amides is 1. The van der Waals surface area contributed by atoms with E-state index in [4.69, 9.17) is 10.5 Å². The number of ether oxygens (including phenoxy) is 1. The van der Waals surface area contributed by atoms with Gasteiger partial charge >= 0.3 is 0 Å². The van der Waals surface area contributed by atoms with Crippen LogP contribution in [0.15, 0.2) is 18.3 Å². The first-order valence-corrected chi connectivity index (χ1v) is 10.7. The van der Waals surface area contributed by atoms with Crippen LogP contribution in [0.3, 0.4) is 0 Å². The van der Waals surface area contributed by atoms with Crippen molar-refractivity contribution in [2.24, 2.45) is 11.7 Å². The zero-order chi connectivity index (χ0) is 20.2. The van der Waals surface area contributed by atoms with Crippen molar-refractivity contribution in [3.63, 3.8) is 0 Å². The molecule has 3 fully saturated rings. The van der Waals surface area contributed by atoms with E-state index in [1.165, 1.54) is 0 Å². The Bertz CT molecular complexity index is 729. The predicted octanol–water partition coefficient (Wildman–Crippen LogP) is 0.720. The number of nitrogens with two attached hydrogens (primary N) is 1. The van der Waals surface area contributed by atoms with E-state index in [-0.39, 0.29) is 5.92 Å². The van der Waals surface area contributed by atoms with E-state index < -0.39 is 5.91 Å². The van der Waals surface area contributed by atoms with Crippen LogP contribution in [0.25, 0.3) is 0 Å². The van der Waals surface area contributed by atoms with E-state index in [1.54, 1.807) is 18.3 Å². The molecule has 29 heavy (non-hydrogen) atoms. The minimum Gasteiger partial charge on any atom is -0.378 e. The molecule has 0 unspecified atom stereocenters. The summed E-state index contributed by atoms with van der Waals surface area (Å²) < 4.78 is 5.38. The van der Waals surface area contributed by atoms with Gasteiger partial charge in [0.2, 0.25) is 5.91 Å². The Hall–Kier alpha value is -2.19. The van der Waals surface area contributed by atoms with Crippen molar-refractivity contribution in [3.8, 4) is 0 Å². The van der Waals surface area contributed by atoms with Crippen molar-refractivity contribution >= 4 is 17.6 Å². The number of rotatable bonds is 4. The first-order chi connectivity index (χ1) is 14.1. The lowest BCUT2D eigenvalue weighted by Crippen LogP contribution is -2.52. The molecular formula is C21H31N5O3. The Morgan fingerprint density at radius 3 is 2.55 bits per heavy atom. The number of anilines is 1. The third kappa shape index (κ3) is 4.53. The van der Waals surface area contributed by atoms with E-state index in [2.05, 4.69) is 14.8 Å². The molecule has 3 aliphatic heterocycles. The second-order valence-corrected chi connectivity index (χ2v) is 8.23. The number of carbonyl (C=O) groups excluding carboxylic acids is 2. The molecule has 2 amide bonds. The van der Waals surface area contributed by atoms with Crippen LogP contribution in [0.2, 0.25) is 0 Å². The van der Waals surface area contributed by atoms with Gasteiger partial charge in [0.15, 0.2) is 0 Å². The Labute approximate surface area is 172 Å². The van der Waals surface area contributed by atoms with Gasteiger partial charge in [-0.25, -0.2) is 4.98 Å². The van der Waals surface area contributed by atoms with Gasteiger partial charge < -0.3 is 20.3 Å². The highest BCUT2D eigenvalue weighted by molar-refractivity contribution is 5.97. The number of aromatic nitrogens is 1. The number of morpholine rings is 1. The summed E-state index contributed by atoms with van der Waals surface area (Å²) in [5.41, 5.74) is 6.00. The predicted molar refractivity (Wildman–Crippen MR) is 110 cm³/mol. The van der Waals surface area contributed by atoms with E-state index >= 15 is 0 Å². The molecule has 4 rings (SSSR count). The fourth-order valence-corrected chi connectivity index (χ4v) is 4.87. The Morgan fingerprint density at radius 1 is 1.07 bits per heavy atom. The summed E-state index contributed by atoms with van der Waals surface area (Å²) in [6, 6.07) is 3.96. The van der Waals surface area contributed by atoms with E-state index in [0.717, 1.165) is 65.0 Å². The number of amides is 2. The fraction of sp³-hybridized carbons (Fsp3) is 0.667. The third-order valence-corrected chi connectivity index (χ3v) is 6.46. The van der Waals surface area contributed by atoms with Crippen LogP contribution < -0.4 is 10.6 Å². The average Bonchev–Trinajstić information content (AvgIpc) is 2.79. The van der Waals surface area contributed by atoms with Crippen LogP contribution in [-0.4, -0.2) is 85.1 Å². The summed E-state index contributed by atoms with van der Waals surface area (Å²) >= 11 is 0. The van der Waals surface area contributed by atoms with Gasteiger partial charge in [-0.1, -0.05) is 0 Å². The summed E-state index contributed by atoms with van der Waals surface area (Å²) in [7, 11) is 0. The van der Waals surface area contributed by atoms with Crippen LogP contribution in [-0.2, 0) is 9.53 Å². The molecule has 0 bridgehead atoms. The molecule has 3 saturated heterocycles. The smallest absolute Gasteiger partial charge is 0.252 e. The van der Waals surface area contributed by atoms with Crippen molar-refractivity contribution in [2.75, 3.05) is 57.4 Å². The molecule has 0 saturated carbocycles. The lowest BCUT2D eigenvalue weighted by atomic mass is 9.92. The molecule has 0 aliphatic carbocycles. The van der Waals surface area contributed by atoms with E-state index in [9.17, 15) is 9.59 Å². The molecule has 1 atom stereocenters. The van der Waals surface area contributed by atoms with E-state index in [1.807, 2.05) is 4.90 Å². The van der Waals surface area contributed by atoms with Crippen LogP contribution >= 0.6 is 0 Å². The van der Waals surface area contributed by atoms with Gasteiger partial charge in [-0.15, -0.1) is 0 Å².